The van der Waals surface area contributed by atoms with E-state index in [1.165, 1.54) is 28.0 Å². The van der Waals surface area contributed by atoms with E-state index in [0.717, 1.165) is 5.69 Å². The van der Waals surface area contributed by atoms with Crippen molar-refractivity contribution in [3.8, 4) is 0 Å². The van der Waals surface area contributed by atoms with E-state index in [2.05, 4.69) is 20.8 Å². The third-order valence-corrected chi connectivity index (χ3v) is 5.99. The minimum Gasteiger partial charge on any atom is -0.336 e. The van der Waals surface area contributed by atoms with E-state index in [9.17, 15) is 9.59 Å². The lowest BCUT2D eigenvalue weighted by Crippen LogP contribution is -2.36. The van der Waals surface area contributed by atoms with Crippen molar-refractivity contribution in [3.05, 3.63) is 59.6 Å². The number of thioether (sulfide) groups is 1. The van der Waals surface area contributed by atoms with Crippen molar-refractivity contribution in [2.24, 2.45) is 0 Å². The summed E-state index contributed by atoms with van der Waals surface area (Å²) in [7, 11) is 1.58. The van der Waals surface area contributed by atoms with E-state index >= 15 is 0 Å². The van der Waals surface area contributed by atoms with Gasteiger partial charge in [-0.2, -0.15) is 0 Å². The van der Waals surface area contributed by atoms with Crippen LogP contribution in [0.3, 0.4) is 0 Å². The molecule has 0 atom stereocenters. The van der Waals surface area contributed by atoms with Crippen molar-refractivity contribution in [3.63, 3.8) is 0 Å². The largest absolute Gasteiger partial charge is 0.336 e. The topological polar surface area (TPSA) is 87.2 Å². The molecule has 2 aromatic carbocycles. The fourth-order valence-corrected chi connectivity index (χ4v) is 4.15. The summed E-state index contributed by atoms with van der Waals surface area (Å²) < 4.78 is 0.672. The molecule has 0 radical (unpaired) electrons. The Hall–Kier alpha value is -2.62. The molecular formula is C19H18ClN5O2S2. The van der Waals surface area contributed by atoms with Gasteiger partial charge in [0.1, 0.15) is 0 Å². The average molecular weight is 448 g/mol. The van der Waals surface area contributed by atoms with Crippen LogP contribution in [0.5, 0.6) is 0 Å². The van der Waals surface area contributed by atoms with Gasteiger partial charge in [-0.3, -0.25) is 9.59 Å². The maximum Gasteiger partial charge on any atom is 0.244 e. The summed E-state index contributed by atoms with van der Waals surface area (Å²) in [6, 6.07) is 16.6. The molecule has 10 heteroatoms. The SMILES string of the molecule is CN(CC(=O)Nc1ccccc1Cl)C(=O)CSc1nnc(Nc2ccccc2)s1. The standard InChI is InChI=1S/C19H18ClN5O2S2/c1-25(11-16(26)22-15-10-6-5-9-14(15)20)17(27)12-28-19-24-23-18(29-19)21-13-7-3-2-4-8-13/h2-10H,11-12H2,1H3,(H,21,23)(H,22,26). The first-order valence-electron chi connectivity index (χ1n) is 8.58. The third kappa shape index (κ3) is 6.45. The minimum atomic E-state index is -0.316. The number of carbonyl (C=O) groups excluding carboxylic acids is 2. The molecule has 1 aromatic heterocycles. The summed E-state index contributed by atoms with van der Waals surface area (Å²) in [5, 5.41) is 15.1. The van der Waals surface area contributed by atoms with Crippen LogP contribution in [0.15, 0.2) is 58.9 Å². The number of aromatic nitrogens is 2. The monoisotopic (exact) mass is 447 g/mol. The Balaban J connectivity index is 1.45. The maximum atomic E-state index is 12.3. The molecule has 150 valence electrons. The number of halogens is 1. The Morgan fingerprint density at radius 1 is 1.10 bits per heavy atom. The van der Waals surface area contributed by atoms with Crippen molar-refractivity contribution in [2.75, 3.05) is 30.0 Å². The Morgan fingerprint density at radius 3 is 2.59 bits per heavy atom. The zero-order valence-electron chi connectivity index (χ0n) is 15.5. The van der Waals surface area contributed by atoms with E-state index in [1.54, 1.807) is 31.3 Å². The van der Waals surface area contributed by atoms with Crippen molar-refractivity contribution >= 4 is 63.0 Å². The van der Waals surface area contributed by atoms with Crippen LogP contribution in [0, 0.1) is 0 Å². The lowest BCUT2D eigenvalue weighted by atomic mass is 10.3. The zero-order valence-corrected chi connectivity index (χ0v) is 17.9. The van der Waals surface area contributed by atoms with Gasteiger partial charge in [-0.05, 0) is 24.3 Å². The predicted molar refractivity (Wildman–Crippen MR) is 118 cm³/mol. The molecule has 0 saturated heterocycles. The van der Waals surface area contributed by atoms with E-state index < -0.39 is 0 Å². The van der Waals surface area contributed by atoms with Gasteiger partial charge in [0.15, 0.2) is 4.34 Å². The fraction of sp³-hybridized carbons (Fsp3) is 0.158. The first kappa shape index (κ1) is 21.1. The summed E-state index contributed by atoms with van der Waals surface area (Å²) in [6.07, 6.45) is 0. The van der Waals surface area contributed by atoms with E-state index in [-0.39, 0.29) is 24.1 Å². The second-order valence-corrected chi connectivity index (χ2v) is 8.54. The van der Waals surface area contributed by atoms with E-state index in [4.69, 9.17) is 11.6 Å². The van der Waals surface area contributed by atoms with Gasteiger partial charge >= 0.3 is 0 Å². The molecule has 3 aromatic rings. The smallest absolute Gasteiger partial charge is 0.244 e. The number of hydrogen-bond acceptors (Lipinski definition) is 7. The van der Waals surface area contributed by atoms with Gasteiger partial charge in [-0.15, -0.1) is 10.2 Å². The normalized spacial score (nSPS) is 10.4. The number of carbonyl (C=O) groups is 2. The lowest BCUT2D eigenvalue weighted by molar-refractivity contribution is -0.131. The molecule has 2 amide bonds. The van der Waals surface area contributed by atoms with Crippen LogP contribution in [0.2, 0.25) is 5.02 Å². The number of nitrogens with one attached hydrogen (secondary N) is 2. The number of likely N-dealkylation sites (N-methyl/N-ethyl adjacent to an activating group) is 1. The first-order valence-corrected chi connectivity index (χ1v) is 10.8. The molecule has 0 bridgehead atoms. The number of anilines is 3. The van der Waals surface area contributed by atoms with Crippen LogP contribution < -0.4 is 10.6 Å². The van der Waals surface area contributed by atoms with Crippen molar-refractivity contribution < 1.29 is 9.59 Å². The third-order valence-electron chi connectivity index (χ3n) is 3.71. The number of hydrogen-bond donors (Lipinski definition) is 2. The molecule has 0 spiro atoms. The van der Waals surface area contributed by atoms with Crippen molar-refractivity contribution in [2.45, 2.75) is 4.34 Å². The van der Waals surface area contributed by atoms with E-state index in [1.807, 2.05) is 30.3 Å². The highest BCUT2D eigenvalue weighted by Crippen LogP contribution is 2.27. The quantitative estimate of drug-likeness (QED) is 0.505. The van der Waals surface area contributed by atoms with Gasteiger partial charge in [-0.1, -0.05) is 65.0 Å². The summed E-state index contributed by atoms with van der Waals surface area (Å²) in [5.74, 6) is -0.336. The summed E-state index contributed by atoms with van der Waals surface area (Å²) in [5.41, 5.74) is 1.43. The maximum absolute atomic E-state index is 12.3. The van der Waals surface area contributed by atoms with Crippen LogP contribution in [-0.2, 0) is 9.59 Å². The fourth-order valence-electron chi connectivity index (χ4n) is 2.25. The molecule has 2 N–H and O–H groups in total. The zero-order chi connectivity index (χ0) is 20.6. The second-order valence-electron chi connectivity index (χ2n) is 5.93. The van der Waals surface area contributed by atoms with Gasteiger partial charge < -0.3 is 15.5 Å². The highest BCUT2D eigenvalue weighted by molar-refractivity contribution is 8.01. The minimum absolute atomic E-state index is 0.0679. The number of benzene rings is 2. The van der Waals surface area contributed by atoms with Crippen LogP contribution in [0.25, 0.3) is 0 Å². The summed E-state index contributed by atoms with van der Waals surface area (Å²) >= 11 is 8.67. The Kier molecular flexibility index (Phi) is 7.45. The van der Waals surface area contributed by atoms with Crippen LogP contribution >= 0.6 is 34.7 Å². The Morgan fingerprint density at radius 2 is 1.83 bits per heavy atom. The molecule has 0 aliphatic heterocycles. The number of nitrogens with zero attached hydrogens (tertiary/aromatic N) is 3. The van der Waals surface area contributed by atoms with Crippen LogP contribution in [0.4, 0.5) is 16.5 Å². The van der Waals surface area contributed by atoms with Gasteiger partial charge in [-0.25, -0.2) is 0 Å². The highest BCUT2D eigenvalue weighted by Gasteiger charge is 2.15. The van der Waals surface area contributed by atoms with Crippen molar-refractivity contribution in [1.29, 1.82) is 0 Å². The van der Waals surface area contributed by atoms with Gasteiger partial charge in [0.25, 0.3) is 0 Å². The average Bonchev–Trinajstić information content (AvgIpc) is 3.16. The molecule has 0 aliphatic rings. The molecule has 0 fully saturated rings. The van der Waals surface area contributed by atoms with Gasteiger partial charge in [0, 0.05) is 12.7 Å². The molecule has 1 heterocycles. The molecule has 0 unspecified atom stereocenters. The van der Waals surface area contributed by atoms with Crippen LogP contribution in [0.1, 0.15) is 0 Å². The van der Waals surface area contributed by atoms with Gasteiger partial charge in [0.05, 0.1) is 23.0 Å². The predicted octanol–water partition coefficient (Wildman–Crippen LogP) is 4.12. The molecule has 7 nitrogen and oxygen atoms in total. The lowest BCUT2D eigenvalue weighted by Gasteiger charge is -2.16. The van der Waals surface area contributed by atoms with Gasteiger partial charge in [0.2, 0.25) is 16.9 Å². The number of rotatable bonds is 8. The Labute approximate surface area is 181 Å². The van der Waals surface area contributed by atoms with Crippen molar-refractivity contribution in [1.82, 2.24) is 15.1 Å². The molecule has 3 rings (SSSR count). The number of amides is 2. The molecule has 29 heavy (non-hydrogen) atoms. The number of para-hydroxylation sites is 2. The first-order chi connectivity index (χ1) is 14.0. The summed E-state index contributed by atoms with van der Waals surface area (Å²) in [4.78, 5) is 25.8. The molecule has 0 aliphatic carbocycles. The second kappa shape index (κ2) is 10.2. The molecule has 0 saturated carbocycles. The highest BCUT2D eigenvalue weighted by atomic mass is 35.5. The Bertz CT molecular complexity index is 983. The summed E-state index contributed by atoms with van der Waals surface area (Å²) in [6.45, 7) is -0.0679. The van der Waals surface area contributed by atoms with Crippen LogP contribution in [-0.4, -0.2) is 46.3 Å². The van der Waals surface area contributed by atoms with E-state index in [0.29, 0.717) is 20.2 Å². The molecular weight excluding hydrogens is 430 g/mol.